The monoisotopic (exact) mass is 291 g/mol. The van der Waals surface area contributed by atoms with Gasteiger partial charge in [0.25, 0.3) is 0 Å². The zero-order valence-corrected chi connectivity index (χ0v) is 14.0. The minimum atomic E-state index is 0.137. The normalized spacial score (nSPS) is 24.2. The van der Waals surface area contributed by atoms with Gasteiger partial charge in [0.05, 0.1) is 18.4 Å². The molecule has 2 atom stereocenters. The van der Waals surface area contributed by atoms with E-state index in [9.17, 15) is 0 Å². The number of rotatable bonds is 4. The lowest BCUT2D eigenvalue weighted by Gasteiger charge is -2.36. The summed E-state index contributed by atoms with van der Waals surface area (Å²) in [7, 11) is 0. The molecule has 0 amide bonds. The predicted molar refractivity (Wildman–Crippen MR) is 86.1 cm³/mol. The van der Waals surface area contributed by atoms with Crippen molar-refractivity contribution in [3.8, 4) is 0 Å². The number of morpholine rings is 1. The Morgan fingerprint density at radius 1 is 1.33 bits per heavy atom. The number of nitrogens with one attached hydrogen (secondary N) is 1. The summed E-state index contributed by atoms with van der Waals surface area (Å²) < 4.78 is 5.67. The maximum Gasteiger partial charge on any atom is 0.0674 e. The fourth-order valence-electron chi connectivity index (χ4n) is 2.42. The number of hydrogen-bond donors (Lipinski definition) is 1. The van der Waals surface area contributed by atoms with Gasteiger partial charge < -0.3 is 10.1 Å². The SMILES string of the molecule is CC1CN(Cc2ccc(CNC(C)(C)C)cn2)C(C)CO1. The second-order valence-electron chi connectivity index (χ2n) is 7.18. The van der Waals surface area contributed by atoms with Crippen LogP contribution in [0.5, 0.6) is 0 Å². The van der Waals surface area contributed by atoms with Crippen LogP contribution in [0.3, 0.4) is 0 Å². The van der Waals surface area contributed by atoms with Gasteiger partial charge in [-0.15, -0.1) is 0 Å². The number of pyridine rings is 1. The van der Waals surface area contributed by atoms with E-state index in [0.29, 0.717) is 12.1 Å². The van der Waals surface area contributed by atoms with Gasteiger partial charge in [0.1, 0.15) is 0 Å². The molecule has 2 rings (SSSR count). The van der Waals surface area contributed by atoms with Crippen molar-refractivity contribution in [3.05, 3.63) is 29.6 Å². The molecule has 2 heterocycles. The minimum absolute atomic E-state index is 0.137. The summed E-state index contributed by atoms with van der Waals surface area (Å²) in [6, 6.07) is 4.78. The third-order valence-electron chi connectivity index (χ3n) is 3.81. The van der Waals surface area contributed by atoms with Gasteiger partial charge in [0.2, 0.25) is 0 Å². The lowest BCUT2D eigenvalue weighted by molar-refractivity contribution is -0.0530. The maximum absolute atomic E-state index is 5.67. The lowest BCUT2D eigenvalue weighted by Crippen LogP contribution is -2.46. The molecule has 4 nitrogen and oxygen atoms in total. The Hall–Kier alpha value is -0.970. The van der Waals surface area contributed by atoms with Crippen molar-refractivity contribution < 1.29 is 4.74 Å². The highest BCUT2D eigenvalue weighted by Gasteiger charge is 2.23. The van der Waals surface area contributed by atoms with Crippen molar-refractivity contribution in [2.24, 2.45) is 0 Å². The summed E-state index contributed by atoms with van der Waals surface area (Å²) in [5.41, 5.74) is 2.51. The van der Waals surface area contributed by atoms with E-state index in [1.165, 1.54) is 5.56 Å². The van der Waals surface area contributed by atoms with E-state index < -0.39 is 0 Å². The van der Waals surface area contributed by atoms with Crippen LogP contribution in [0.4, 0.5) is 0 Å². The molecular weight excluding hydrogens is 262 g/mol. The maximum atomic E-state index is 5.67. The van der Waals surface area contributed by atoms with E-state index in [1.807, 2.05) is 6.20 Å². The molecular formula is C17H29N3O. The van der Waals surface area contributed by atoms with Crippen molar-refractivity contribution >= 4 is 0 Å². The highest BCUT2D eigenvalue weighted by Crippen LogP contribution is 2.14. The summed E-state index contributed by atoms with van der Waals surface area (Å²) in [4.78, 5) is 7.06. The third-order valence-corrected chi connectivity index (χ3v) is 3.81. The van der Waals surface area contributed by atoms with Crippen molar-refractivity contribution in [1.29, 1.82) is 0 Å². The number of aromatic nitrogens is 1. The fourth-order valence-corrected chi connectivity index (χ4v) is 2.42. The van der Waals surface area contributed by atoms with Gasteiger partial charge in [-0.3, -0.25) is 9.88 Å². The van der Waals surface area contributed by atoms with Gasteiger partial charge in [-0.2, -0.15) is 0 Å². The van der Waals surface area contributed by atoms with Crippen molar-refractivity contribution in [1.82, 2.24) is 15.2 Å². The summed E-state index contributed by atoms with van der Waals surface area (Å²) in [6.07, 6.45) is 2.30. The molecule has 1 N–H and O–H groups in total. The van der Waals surface area contributed by atoms with Crippen LogP contribution in [-0.2, 0) is 17.8 Å². The second kappa shape index (κ2) is 6.86. The van der Waals surface area contributed by atoms with Crippen LogP contribution in [0.1, 0.15) is 45.9 Å². The van der Waals surface area contributed by atoms with E-state index in [1.54, 1.807) is 0 Å². The molecule has 4 heteroatoms. The molecule has 0 bridgehead atoms. The Kier molecular flexibility index (Phi) is 5.36. The van der Waals surface area contributed by atoms with Gasteiger partial charge in [-0.25, -0.2) is 0 Å². The molecule has 0 aromatic carbocycles. The highest BCUT2D eigenvalue weighted by molar-refractivity contribution is 5.14. The van der Waals surface area contributed by atoms with Crippen LogP contribution >= 0.6 is 0 Å². The summed E-state index contributed by atoms with van der Waals surface area (Å²) in [6.45, 7) is 14.4. The Balaban J connectivity index is 1.90. The molecule has 0 spiro atoms. The Morgan fingerprint density at radius 3 is 2.71 bits per heavy atom. The van der Waals surface area contributed by atoms with Gasteiger partial charge in [-0.1, -0.05) is 6.07 Å². The molecule has 1 aromatic heterocycles. The van der Waals surface area contributed by atoms with E-state index in [2.05, 4.69) is 62.0 Å². The van der Waals surface area contributed by atoms with E-state index in [-0.39, 0.29) is 5.54 Å². The lowest BCUT2D eigenvalue weighted by atomic mass is 10.1. The first kappa shape index (κ1) is 16.4. The molecule has 118 valence electrons. The average Bonchev–Trinajstić information content (AvgIpc) is 2.41. The van der Waals surface area contributed by atoms with Crippen LogP contribution < -0.4 is 5.32 Å². The highest BCUT2D eigenvalue weighted by atomic mass is 16.5. The van der Waals surface area contributed by atoms with E-state index in [0.717, 1.165) is 31.9 Å². The molecule has 1 aliphatic heterocycles. The zero-order valence-electron chi connectivity index (χ0n) is 14.0. The summed E-state index contributed by atoms with van der Waals surface area (Å²) >= 11 is 0. The van der Waals surface area contributed by atoms with Gasteiger partial charge in [0.15, 0.2) is 0 Å². The molecule has 2 unspecified atom stereocenters. The quantitative estimate of drug-likeness (QED) is 0.925. The number of nitrogens with zero attached hydrogens (tertiary/aromatic N) is 2. The van der Waals surface area contributed by atoms with E-state index in [4.69, 9.17) is 4.74 Å². The Labute approximate surface area is 128 Å². The minimum Gasteiger partial charge on any atom is -0.376 e. The zero-order chi connectivity index (χ0) is 15.5. The van der Waals surface area contributed by atoms with Crippen LogP contribution in [0.25, 0.3) is 0 Å². The molecule has 0 aliphatic carbocycles. The molecule has 0 radical (unpaired) electrons. The van der Waals surface area contributed by atoms with Gasteiger partial charge in [0, 0.05) is 37.4 Å². The summed E-state index contributed by atoms with van der Waals surface area (Å²) in [5, 5.41) is 3.48. The fraction of sp³-hybridized carbons (Fsp3) is 0.706. The molecule has 21 heavy (non-hydrogen) atoms. The Morgan fingerprint density at radius 2 is 2.10 bits per heavy atom. The number of hydrogen-bond acceptors (Lipinski definition) is 4. The largest absolute Gasteiger partial charge is 0.376 e. The Bertz CT molecular complexity index is 438. The molecule has 1 aromatic rings. The van der Waals surface area contributed by atoms with Crippen LogP contribution in [-0.4, -0.2) is 40.7 Å². The smallest absolute Gasteiger partial charge is 0.0674 e. The topological polar surface area (TPSA) is 37.4 Å². The predicted octanol–water partition coefficient (Wildman–Crippen LogP) is 2.58. The first-order chi connectivity index (χ1) is 9.83. The van der Waals surface area contributed by atoms with Gasteiger partial charge in [-0.05, 0) is 46.2 Å². The molecule has 1 saturated heterocycles. The van der Waals surface area contributed by atoms with Crippen LogP contribution in [0.15, 0.2) is 18.3 Å². The third kappa shape index (κ3) is 5.38. The average molecular weight is 291 g/mol. The summed E-state index contributed by atoms with van der Waals surface area (Å²) in [5.74, 6) is 0. The molecule has 1 fully saturated rings. The van der Waals surface area contributed by atoms with Crippen molar-refractivity contribution in [2.75, 3.05) is 13.2 Å². The molecule has 0 saturated carbocycles. The van der Waals surface area contributed by atoms with Gasteiger partial charge >= 0.3 is 0 Å². The first-order valence-corrected chi connectivity index (χ1v) is 7.88. The van der Waals surface area contributed by atoms with Crippen LogP contribution in [0, 0.1) is 0 Å². The van der Waals surface area contributed by atoms with Crippen molar-refractivity contribution in [2.45, 2.75) is 65.4 Å². The first-order valence-electron chi connectivity index (χ1n) is 7.88. The second-order valence-corrected chi connectivity index (χ2v) is 7.18. The van der Waals surface area contributed by atoms with Crippen molar-refractivity contribution in [3.63, 3.8) is 0 Å². The van der Waals surface area contributed by atoms with Crippen LogP contribution in [0.2, 0.25) is 0 Å². The van der Waals surface area contributed by atoms with E-state index >= 15 is 0 Å². The number of ether oxygens (including phenoxy) is 1. The standard InChI is InChI=1S/C17H29N3O/c1-13-12-21-14(2)10-20(13)11-16-7-6-15(8-18-16)9-19-17(3,4)5/h6-8,13-14,19H,9-12H2,1-5H3. The molecule has 1 aliphatic rings.